The first-order valence-corrected chi connectivity index (χ1v) is 10.1. The molecule has 3 heterocycles. The fraction of sp³-hybridized carbons (Fsp3) is 0.368. The number of ether oxygens (including phenoxy) is 1. The molecule has 1 aromatic heterocycles. The van der Waals surface area contributed by atoms with E-state index in [9.17, 15) is 13.7 Å². The van der Waals surface area contributed by atoms with E-state index in [0.29, 0.717) is 18.6 Å². The highest BCUT2D eigenvalue weighted by Crippen LogP contribution is 2.41. The first-order chi connectivity index (χ1) is 12.6. The zero-order chi connectivity index (χ0) is 18.1. The van der Waals surface area contributed by atoms with Crippen molar-refractivity contribution in [2.24, 2.45) is 0 Å². The van der Waals surface area contributed by atoms with Crippen LogP contribution in [0.4, 0.5) is 0 Å². The Morgan fingerprint density at radius 3 is 2.50 bits per heavy atom. The monoisotopic (exact) mass is 369 g/mol. The highest BCUT2D eigenvalue weighted by Gasteiger charge is 2.48. The molecule has 2 aliphatic heterocycles. The minimum Gasteiger partial charge on any atom is -0.489 e. The summed E-state index contributed by atoms with van der Waals surface area (Å²) in [6, 6.07) is 11.9. The first-order valence-electron chi connectivity index (χ1n) is 8.69. The molecule has 2 fully saturated rings. The lowest BCUT2D eigenvalue weighted by Gasteiger charge is -2.37. The summed E-state index contributed by atoms with van der Waals surface area (Å²) in [5, 5.41) is 9.27. The molecule has 6 nitrogen and oxygen atoms in total. The molecule has 1 aromatic carbocycles. The van der Waals surface area contributed by atoms with Crippen LogP contribution in [0.3, 0.4) is 0 Å². The summed E-state index contributed by atoms with van der Waals surface area (Å²) in [5.41, 5.74) is 0.195. The van der Waals surface area contributed by atoms with E-state index in [2.05, 4.69) is 4.98 Å². The highest BCUT2D eigenvalue weighted by molar-refractivity contribution is 7.89. The lowest BCUT2D eigenvalue weighted by atomic mass is 10.0. The van der Waals surface area contributed by atoms with Crippen molar-refractivity contribution in [3.63, 3.8) is 0 Å². The quantitative estimate of drug-likeness (QED) is 0.827. The molecule has 0 spiro atoms. The number of piperidine rings is 1. The zero-order valence-corrected chi connectivity index (χ0v) is 15.0. The smallest absolute Gasteiger partial charge is 0.244 e. The number of rotatable bonds is 4. The number of pyridine rings is 1. The largest absolute Gasteiger partial charge is 0.489 e. The van der Waals surface area contributed by atoms with Gasteiger partial charge in [0.1, 0.15) is 17.9 Å². The van der Waals surface area contributed by atoms with E-state index >= 15 is 0 Å². The van der Waals surface area contributed by atoms with Crippen LogP contribution in [-0.4, -0.2) is 35.9 Å². The summed E-state index contributed by atoms with van der Waals surface area (Å²) in [6.07, 6.45) is 6.30. The Bertz CT molecular complexity index is 926. The maximum absolute atomic E-state index is 13.2. The molecule has 0 radical (unpaired) electrons. The van der Waals surface area contributed by atoms with E-state index < -0.39 is 10.0 Å². The number of hydrogen-bond acceptors (Lipinski definition) is 5. The predicted octanol–water partition coefficient (Wildman–Crippen LogP) is 2.72. The Kier molecular flexibility index (Phi) is 4.39. The minimum absolute atomic E-state index is 0.0191. The lowest BCUT2D eigenvalue weighted by molar-refractivity contribution is 0.0953. The van der Waals surface area contributed by atoms with E-state index in [0.717, 1.165) is 12.8 Å². The molecule has 2 aliphatic rings. The third-order valence-corrected chi connectivity index (χ3v) is 7.19. The van der Waals surface area contributed by atoms with Gasteiger partial charge in [-0.1, -0.05) is 12.1 Å². The van der Waals surface area contributed by atoms with Gasteiger partial charge in [0.2, 0.25) is 10.0 Å². The Morgan fingerprint density at radius 1 is 1.12 bits per heavy atom. The van der Waals surface area contributed by atoms with Crippen molar-refractivity contribution in [3.8, 4) is 11.8 Å². The zero-order valence-electron chi connectivity index (χ0n) is 14.2. The SMILES string of the molecule is N#Cc1ccccc1S(=O)(=O)N1C2CCC1CC(Oc1cccnc1)C2. The van der Waals surface area contributed by atoms with Crippen molar-refractivity contribution in [1.82, 2.24) is 9.29 Å². The van der Waals surface area contributed by atoms with Crippen molar-refractivity contribution in [2.75, 3.05) is 0 Å². The van der Waals surface area contributed by atoms with Gasteiger partial charge in [0.05, 0.1) is 16.7 Å². The van der Waals surface area contributed by atoms with E-state index in [-0.39, 0.29) is 28.6 Å². The molecule has 2 unspecified atom stereocenters. The summed E-state index contributed by atoms with van der Waals surface area (Å²) < 4.78 is 34.1. The molecular weight excluding hydrogens is 350 g/mol. The third-order valence-electron chi connectivity index (χ3n) is 5.12. The van der Waals surface area contributed by atoms with Crippen molar-refractivity contribution < 1.29 is 13.2 Å². The van der Waals surface area contributed by atoms with Crippen LogP contribution in [0.15, 0.2) is 53.7 Å². The Hall–Kier alpha value is -2.43. The van der Waals surface area contributed by atoms with Crippen LogP contribution in [0, 0.1) is 11.3 Å². The van der Waals surface area contributed by atoms with Gasteiger partial charge in [0.15, 0.2) is 0 Å². The third kappa shape index (κ3) is 2.96. The van der Waals surface area contributed by atoms with Crippen LogP contribution in [0.1, 0.15) is 31.2 Å². The number of nitrogens with zero attached hydrogens (tertiary/aromatic N) is 3. The summed E-state index contributed by atoms with van der Waals surface area (Å²) >= 11 is 0. The molecule has 0 saturated carbocycles. The van der Waals surface area contributed by atoms with E-state index in [4.69, 9.17) is 4.74 Å². The Labute approximate surface area is 153 Å². The molecule has 2 atom stereocenters. The van der Waals surface area contributed by atoms with Gasteiger partial charge in [0, 0.05) is 31.1 Å². The van der Waals surface area contributed by atoms with Crippen LogP contribution in [0.5, 0.6) is 5.75 Å². The fourth-order valence-electron chi connectivity index (χ4n) is 4.08. The van der Waals surface area contributed by atoms with Crippen LogP contribution in [-0.2, 0) is 10.0 Å². The second-order valence-corrected chi connectivity index (χ2v) is 8.54. The molecule has 0 N–H and O–H groups in total. The van der Waals surface area contributed by atoms with Gasteiger partial charge in [-0.3, -0.25) is 4.98 Å². The van der Waals surface area contributed by atoms with Crippen molar-refractivity contribution in [2.45, 2.75) is 48.8 Å². The van der Waals surface area contributed by atoms with Gasteiger partial charge in [-0.25, -0.2) is 8.42 Å². The average Bonchev–Trinajstić information content (AvgIpc) is 2.95. The maximum atomic E-state index is 13.2. The molecule has 0 aliphatic carbocycles. The molecular formula is C19H19N3O3S. The van der Waals surface area contributed by atoms with Crippen LogP contribution >= 0.6 is 0 Å². The maximum Gasteiger partial charge on any atom is 0.244 e. The fourth-order valence-corrected chi connectivity index (χ4v) is 6.12. The van der Waals surface area contributed by atoms with Gasteiger partial charge >= 0.3 is 0 Å². The Balaban J connectivity index is 1.58. The van der Waals surface area contributed by atoms with Crippen molar-refractivity contribution in [3.05, 3.63) is 54.4 Å². The van der Waals surface area contributed by atoms with Crippen molar-refractivity contribution >= 4 is 10.0 Å². The van der Waals surface area contributed by atoms with Gasteiger partial charge in [0.25, 0.3) is 0 Å². The van der Waals surface area contributed by atoms with E-state index in [1.165, 1.54) is 6.07 Å². The molecule has 26 heavy (non-hydrogen) atoms. The van der Waals surface area contributed by atoms with Gasteiger partial charge in [-0.15, -0.1) is 0 Å². The summed E-state index contributed by atoms with van der Waals surface area (Å²) in [4.78, 5) is 4.16. The number of hydrogen-bond donors (Lipinski definition) is 0. The van der Waals surface area contributed by atoms with Crippen molar-refractivity contribution in [1.29, 1.82) is 5.26 Å². The van der Waals surface area contributed by atoms with E-state index in [1.54, 1.807) is 34.9 Å². The summed E-state index contributed by atoms with van der Waals surface area (Å²) in [7, 11) is -3.69. The van der Waals surface area contributed by atoms with Crippen LogP contribution < -0.4 is 4.74 Å². The topological polar surface area (TPSA) is 83.3 Å². The van der Waals surface area contributed by atoms with Crippen LogP contribution in [0.25, 0.3) is 0 Å². The van der Waals surface area contributed by atoms with Gasteiger partial charge in [-0.05, 0) is 37.1 Å². The number of sulfonamides is 1. The molecule has 2 bridgehead atoms. The summed E-state index contributed by atoms with van der Waals surface area (Å²) in [5.74, 6) is 0.711. The number of benzene rings is 1. The average molecular weight is 369 g/mol. The molecule has 7 heteroatoms. The number of nitriles is 1. The van der Waals surface area contributed by atoms with E-state index in [1.807, 2.05) is 18.2 Å². The number of aromatic nitrogens is 1. The molecule has 4 rings (SSSR count). The predicted molar refractivity (Wildman–Crippen MR) is 94.9 cm³/mol. The Morgan fingerprint density at radius 2 is 1.85 bits per heavy atom. The second-order valence-electron chi connectivity index (χ2n) is 6.73. The molecule has 0 amide bonds. The standard InChI is InChI=1S/C19H19N3O3S/c20-12-14-4-1-2-6-19(14)26(23,24)22-15-7-8-16(22)11-18(10-15)25-17-5-3-9-21-13-17/h1-6,9,13,15-16,18H,7-8,10-11H2. The normalized spacial score (nSPS) is 25.6. The molecule has 2 saturated heterocycles. The summed E-state index contributed by atoms with van der Waals surface area (Å²) in [6.45, 7) is 0. The number of fused-ring (bicyclic) bond motifs is 2. The van der Waals surface area contributed by atoms with Gasteiger partial charge < -0.3 is 4.74 Å². The van der Waals surface area contributed by atoms with Gasteiger partial charge in [-0.2, -0.15) is 9.57 Å². The lowest BCUT2D eigenvalue weighted by Crippen LogP contribution is -2.49. The highest BCUT2D eigenvalue weighted by atomic mass is 32.2. The second kappa shape index (κ2) is 6.71. The van der Waals surface area contributed by atoms with Crippen LogP contribution in [0.2, 0.25) is 0 Å². The molecule has 134 valence electrons. The molecule has 2 aromatic rings. The first kappa shape index (κ1) is 17.0. The minimum atomic E-state index is -3.69.